The minimum absolute atomic E-state index is 0.0143. The lowest BCUT2D eigenvalue weighted by Crippen LogP contribution is -2.27. The van der Waals surface area contributed by atoms with Crippen LogP contribution in [0.25, 0.3) is 12.2 Å². The fraction of sp³-hybridized carbons (Fsp3) is 0.316. The number of nitrogen functional groups attached to an aromatic ring is 1. The Hall–Kier alpha value is -6.15. The topological polar surface area (TPSA) is 266 Å². The number of halogens is 3. The fourth-order valence-corrected chi connectivity index (χ4v) is 7.77. The highest BCUT2D eigenvalue weighted by Crippen LogP contribution is 2.38. The molecule has 2 saturated carbocycles. The van der Waals surface area contributed by atoms with E-state index in [4.69, 9.17) is 31.8 Å². The second kappa shape index (κ2) is 17.8. The van der Waals surface area contributed by atoms with Gasteiger partial charge in [-0.05, 0) is 81.5 Å². The molecule has 0 bridgehead atoms. The second-order valence-corrected chi connectivity index (χ2v) is 15.4. The molecule has 8 rings (SSSR count). The number of carbonyl (C=O) groups is 2. The van der Waals surface area contributed by atoms with Crippen LogP contribution in [0.4, 0.5) is 26.1 Å². The van der Waals surface area contributed by atoms with Crippen LogP contribution in [0.15, 0.2) is 52.1 Å². The van der Waals surface area contributed by atoms with Crippen molar-refractivity contribution in [3.05, 3.63) is 86.0 Å². The molecule has 2 aromatic heterocycles. The highest BCUT2D eigenvalue weighted by molar-refractivity contribution is 9.10. The van der Waals surface area contributed by atoms with E-state index in [0.29, 0.717) is 32.2 Å². The number of hydrogen-bond acceptors (Lipinski definition) is 12. The van der Waals surface area contributed by atoms with Crippen LogP contribution in [-0.4, -0.2) is 55.7 Å². The summed E-state index contributed by atoms with van der Waals surface area (Å²) in [7, 11) is -2.23. The quantitative estimate of drug-likeness (QED) is 0.134. The number of rotatable bonds is 6. The van der Waals surface area contributed by atoms with Gasteiger partial charge in [-0.25, -0.2) is 8.78 Å². The van der Waals surface area contributed by atoms with Crippen LogP contribution >= 0.6 is 15.9 Å². The summed E-state index contributed by atoms with van der Waals surface area (Å²) in [6.07, 6.45) is 11.6. The van der Waals surface area contributed by atoms with Gasteiger partial charge in [0.25, 0.3) is 11.8 Å². The van der Waals surface area contributed by atoms with Crippen LogP contribution in [0.1, 0.15) is 96.3 Å². The zero-order valence-corrected chi connectivity index (χ0v) is 33.5. The summed E-state index contributed by atoms with van der Waals surface area (Å²) in [6.45, 7) is 3.40. The first kappa shape index (κ1) is 42.5. The Kier molecular flexibility index (Phi) is 12.8. The molecule has 2 aliphatic heterocycles. The molecule has 2 fully saturated rings. The largest absolute Gasteiger partial charge is 0.555 e. The smallest absolute Gasteiger partial charge is 0.530 e. The number of amides is 2. The van der Waals surface area contributed by atoms with Crippen LogP contribution in [0.2, 0.25) is 0 Å². The molecular weight excluding hydrogens is 832 g/mol. The molecule has 4 aliphatic rings. The van der Waals surface area contributed by atoms with Crippen molar-refractivity contribution in [3.63, 3.8) is 0 Å². The number of carbonyl (C=O) groups excluding carboxylic acids is 2. The lowest BCUT2D eigenvalue weighted by molar-refractivity contribution is 0.0992. The molecular formula is C38H39B2BrF2N10O6. The molecule has 21 heteroatoms. The molecule has 2 aliphatic carbocycles. The molecule has 59 heavy (non-hydrogen) atoms. The lowest BCUT2D eigenvalue weighted by atomic mass is 9.76. The molecule has 4 heterocycles. The van der Waals surface area contributed by atoms with Gasteiger partial charge in [0.1, 0.15) is 22.6 Å². The number of anilines is 3. The van der Waals surface area contributed by atoms with Gasteiger partial charge >= 0.3 is 14.2 Å². The monoisotopic (exact) mass is 870 g/mol. The number of nitriles is 2. The maximum Gasteiger partial charge on any atom is 0.555 e. The van der Waals surface area contributed by atoms with Crippen LogP contribution in [0, 0.1) is 46.1 Å². The average molecular weight is 871 g/mol. The Morgan fingerprint density at radius 1 is 0.831 bits per heavy atom. The van der Waals surface area contributed by atoms with Gasteiger partial charge in [-0.1, -0.05) is 28.1 Å². The Bertz CT molecular complexity index is 2450. The number of aromatic nitrogens is 4. The molecule has 2 aromatic carbocycles. The van der Waals surface area contributed by atoms with Crippen molar-refractivity contribution in [3.8, 4) is 23.6 Å². The van der Waals surface area contributed by atoms with Crippen molar-refractivity contribution in [2.75, 3.05) is 11.1 Å². The van der Waals surface area contributed by atoms with Crippen molar-refractivity contribution in [2.45, 2.75) is 64.5 Å². The SMILES string of the molecule is CC1=Cc2cc(Br)cc(F)c2OB1O.CC1=Cc2cc(Nc3nn(C4CCC[C@@H]4C#N)cc3C(N)=O)cc(F)c2OB1O.N#C[C@H]1CCC[C@@H]1n1cc(C(N)=O)c(N)n1. The highest BCUT2D eigenvalue weighted by atomic mass is 79.9. The van der Waals surface area contributed by atoms with E-state index >= 15 is 0 Å². The van der Waals surface area contributed by atoms with E-state index in [0.717, 1.165) is 38.5 Å². The summed E-state index contributed by atoms with van der Waals surface area (Å²) in [5.41, 5.74) is 19.3. The number of benzene rings is 2. The minimum Gasteiger partial charge on any atom is -0.530 e. The molecule has 16 nitrogen and oxygen atoms in total. The van der Waals surface area contributed by atoms with Crippen molar-refractivity contribution in [1.29, 1.82) is 10.5 Å². The maximum atomic E-state index is 14.5. The molecule has 304 valence electrons. The van der Waals surface area contributed by atoms with Gasteiger partial charge in [0, 0.05) is 39.7 Å². The van der Waals surface area contributed by atoms with Gasteiger partial charge in [-0.15, -0.1) is 0 Å². The van der Waals surface area contributed by atoms with Crippen LogP contribution in [0.5, 0.6) is 11.5 Å². The summed E-state index contributed by atoms with van der Waals surface area (Å²) in [4.78, 5) is 22.9. The van der Waals surface area contributed by atoms with Gasteiger partial charge in [0.2, 0.25) is 0 Å². The molecule has 0 saturated heterocycles. The van der Waals surface area contributed by atoms with Gasteiger partial charge in [0.15, 0.2) is 23.3 Å². The third-order valence-corrected chi connectivity index (χ3v) is 10.8. The van der Waals surface area contributed by atoms with Gasteiger partial charge in [0.05, 0.1) is 36.1 Å². The first-order chi connectivity index (χ1) is 28.1. The predicted molar refractivity (Wildman–Crippen MR) is 218 cm³/mol. The van der Waals surface area contributed by atoms with Crippen molar-refractivity contribution in [2.24, 2.45) is 23.3 Å². The molecule has 2 amide bonds. The van der Waals surface area contributed by atoms with E-state index < -0.39 is 37.7 Å². The van der Waals surface area contributed by atoms with Crippen molar-refractivity contribution >= 4 is 71.5 Å². The first-order valence-corrected chi connectivity index (χ1v) is 19.4. The second-order valence-electron chi connectivity index (χ2n) is 14.5. The molecule has 9 N–H and O–H groups in total. The fourth-order valence-electron chi connectivity index (χ4n) is 7.32. The van der Waals surface area contributed by atoms with E-state index in [-0.39, 0.29) is 58.2 Å². The standard InChI is InChI=1S/C19H19BFN5O3.C10H13N5O.C9H7BBrFO2/c1-10-5-12-6-13(7-15(21)17(12)29-20(10)28)24-19-14(18(23)27)9-26(25-19)16-4-2-3-11(16)8-22;11-4-6-2-1-3-8(6)15-5-7(10(13)16)9(12)14-15;1-5-2-6-3-7(11)4-8(12)9(6)14-10(5)13/h5-7,9,11,16,28H,2-4H2,1H3,(H2,23,27)(H,24,25);5-6,8H,1-3H2,(H2,12,14)(H2,13,16);2-4,13H,1H3/t11-,16?;6-,8+;/m11./s1. The lowest BCUT2D eigenvalue weighted by Gasteiger charge is -2.20. The molecule has 0 spiro atoms. The van der Waals surface area contributed by atoms with E-state index in [1.165, 1.54) is 24.5 Å². The summed E-state index contributed by atoms with van der Waals surface area (Å²) in [6, 6.07) is 10.3. The van der Waals surface area contributed by atoms with Gasteiger partial charge < -0.3 is 41.9 Å². The molecule has 0 radical (unpaired) electrons. The Morgan fingerprint density at radius 2 is 1.32 bits per heavy atom. The summed E-state index contributed by atoms with van der Waals surface area (Å²) in [5, 5.41) is 48.8. The third kappa shape index (κ3) is 9.28. The van der Waals surface area contributed by atoms with E-state index in [1.54, 1.807) is 47.5 Å². The number of fused-ring (bicyclic) bond motifs is 2. The highest BCUT2D eigenvalue weighted by Gasteiger charge is 2.33. The average Bonchev–Trinajstić information content (AvgIpc) is 4.00. The first-order valence-electron chi connectivity index (χ1n) is 18.6. The Labute approximate surface area is 346 Å². The molecule has 1 unspecified atom stereocenters. The minimum atomic E-state index is -1.19. The number of primary amides is 2. The zero-order chi connectivity index (χ0) is 42.7. The van der Waals surface area contributed by atoms with Crippen LogP contribution in [0.3, 0.4) is 0 Å². The molecule has 4 aromatic rings. The van der Waals surface area contributed by atoms with Crippen molar-refractivity contribution in [1.82, 2.24) is 19.6 Å². The van der Waals surface area contributed by atoms with E-state index in [2.05, 4.69) is 43.6 Å². The number of nitrogens with zero attached hydrogens (tertiary/aromatic N) is 6. The predicted octanol–water partition coefficient (Wildman–Crippen LogP) is 5.38. The normalized spacial score (nSPS) is 20.1. The van der Waals surface area contributed by atoms with E-state index in [9.17, 15) is 33.7 Å². The van der Waals surface area contributed by atoms with Crippen molar-refractivity contribution < 1.29 is 37.7 Å². The maximum absolute atomic E-state index is 14.5. The molecule has 4 atom stereocenters. The summed E-state index contributed by atoms with van der Waals surface area (Å²) < 4.78 is 41.9. The van der Waals surface area contributed by atoms with Crippen LogP contribution in [-0.2, 0) is 0 Å². The Balaban J connectivity index is 0.000000164. The number of hydrogen-bond donors (Lipinski definition) is 6. The van der Waals surface area contributed by atoms with Gasteiger partial charge in [-0.3, -0.25) is 19.0 Å². The zero-order valence-electron chi connectivity index (χ0n) is 31.9. The van der Waals surface area contributed by atoms with Crippen LogP contribution < -0.4 is 31.8 Å². The van der Waals surface area contributed by atoms with E-state index in [1.807, 2.05) is 0 Å². The van der Waals surface area contributed by atoms with Gasteiger partial charge in [-0.2, -0.15) is 20.7 Å². The number of allylic oxidation sites excluding steroid dienone is 2. The summed E-state index contributed by atoms with van der Waals surface area (Å²) in [5.74, 6) is -2.25. The number of nitrogens with one attached hydrogen (secondary N) is 1. The summed E-state index contributed by atoms with van der Waals surface area (Å²) >= 11 is 3.19. The number of nitrogens with two attached hydrogens (primary N) is 3. The third-order valence-electron chi connectivity index (χ3n) is 10.4. The Morgan fingerprint density at radius 3 is 1.83 bits per heavy atom.